The molecule has 5 heteroatoms. The standard InChI is InChI=1S/C16H24BrClN2O/c1-5-11-12(17)13(18)20-14(19-11)16(21-6-2)9-7-15(3,4)8-10-16/h5-10H2,1-4H3. The molecule has 1 aromatic heterocycles. The van der Waals surface area contributed by atoms with Crippen molar-refractivity contribution in [1.29, 1.82) is 0 Å². The fourth-order valence-corrected chi connectivity index (χ4v) is 3.59. The number of aromatic nitrogens is 2. The van der Waals surface area contributed by atoms with Gasteiger partial charge in [-0.05, 0) is 60.4 Å². The minimum Gasteiger partial charge on any atom is -0.367 e. The van der Waals surface area contributed by atoms with E-state index in [2.05, 4.69) is 41.7 Å². The second-order valence-corrected chi connectivity index (χ2v) is 7.69. The van der Waals surface area contributed by atoms with Crippen LogP contribution in [0, 0.1) is 5.41 Å². The van der Waals surface area contributed by atoms with Crippen molar-refractivity contribution in [3.05, 3.63) is 21.1 Å². The first-order valence-electron chi connectivity index (χ1n) is 7.70. The molecular weight excluding hydrogens is 352 g/mol. The molecule has 1 aromatic rings. The van der Waals surface area contributed by atoms with Gasteiger partial charge in [-0.3, -0.25) is 0 Å². The van der Waals surface area contributed by atoms with Gasteiger partial charge in [0.25, 0.3) is 0 Å². The monoisotopic (exact) mass is 374 g/mol. The fourth-order valence-electron chi connectivity index (χ4n) is 2.94. The molecule has 1 saturated carbocycles. The van der Waals surface area contributed by atoms with Crippen LogP contribution in [-0.4, -0.2) is 16.6 Å². The molecule has 0 spiro atoms. The highest BCUT2D eigenvalue weighted by atomic mass is 79.9. The van der Waals surface area contributed by atoms with Gasteiger partial charge in [0.1, 0.15) is 10.8 Å². The molecule has 2 rings (SSSR count). The van der Waals surface area contributed by atoms with Gasteiger partial charge < -0.3 is 4.74 Å². The van der Waals surface area contributed by atoms with Gasteiger partial charge in [-0.2, -0.15) is 0 Å². The van der Waals surface area contributed by atoms with E-state index in [4.69, 9.17) is 21.3 Å². The predicted octanol–water partition coefficient (Wildman–Crippen LogP) is 5.29. The van der Waals surface area contributed by atoms with Gasteiger partial charge in [-0.1, -0.05) is 32.4 Å². The highest BCUT2D eigenvalue weighted by Gasteiger charge is 2.43. The average Bonchev–Trinajstić information content (AvgIpc) is 2.44. The zero-order chi connectivity index (χ0) is 15.7. The molecule has 0 unspecified atom stereocenters. The lowest BCUT2D eigenvalue weighted by Gasteiger charge is -2.42. The molecule has 21 heavy (non-hydrogen) atoms. The molecule has 1 heterocycles. The second kappa shape index (κ2) is 6.51. The van der Waals surface area contributed by atoms with E-state index >= 15 is 0 Å². The molecule has 118 valence electrons. The molecule has 0 aliphatic heterocycles. The van der Waals surface area contributed by atoms with Crippen LogP contribution in [0.3, 0.4) is 0 Å². The molecule has 0 aromatic carbocycles. The number of hydrogen-bond acceptors (Lipinski definition) is 3. The van der Waals surface area contributed by atoms with E-state index in [1.54, 1.807) is 0 Å². The maximum absolute atomic E-state index is 6.28. The zero-order valence-corrected chi connectivity index (χ0v) is 15.6. The van der Waals surface area contributed by atoms with Crippen LogP contribution >= 0.6 is 27.5 Å². The summed E-state index contributed by atoms with van der Waals surface area (Å²) in [4.78, 5) is 9.27. The second-order valence-electron chi connectivity index (χ2n) is 6.54. The Morgan fingerprint density at radius 2 is 1.76 bits per heavy atom. The van der Waals surface area contributed by atoms with Crippen molar-refractivity contribution in [2.75, 3.05) is 6.61 Å². The summed E-state index contributed by atoms with van der Waals surface area (Å²) >= 11 is 9.76. The van der Waals surface area contributed by atoms with Gasteiger partial charge in [0.2, 0.25) is 0 Å². The Morgan fingerprint density at radius 3 is 2.29 bits per heavy atom. The average molecular weight is 376 g/mol. The van der Waals surface area contributed by atoms with E-state index in [0.29, 0.717) is 17.2 Å². The Labute approximate surface area is 141 Å². The van der Waals surface area contributed by atoms with Crippen molar-refractivity contribution in [2.45, 2.75) is 65.4 Å². The molecule has 1 fully saturated rings. The number of nitrogens with zero attached hydrogens (tertiary/aromatic N) is 2. The fraction of sp³-hybridized carbons (Fsp3) is 0.750. The number of halogens is 2. The summed E-state index contributed by atoms with van der Waals surface area (Å²) in [6.07, 6.45) is 4.96. The molecule has 1 aliphatic carbocycles. The molecule has 0 radical (unpaired) electrons. The first-order valence-corrected chi connectivity index (χ1v) is 8.87. The van der Waals surface area contributed by atoms with Gasteiger partial charge in [0.15, 0.2) is 5.82 Å². The lowest BCUT2D eigenvalue weighted by atomic mass is 9.70. The van der Waals surface area contributed by atoms with Crippen LogP contribution in [-0.2, 0) is 16.8 Å². The van der Waals surface area contributed by atoms with Crippen molar-refractivity contribution in [1.82, 2.24) is 9.97 Å². The Bertz CT molecular complexity index is 509. The first-order chi connectivity index (χ1) is 9.83. The van der Waals surface area contributed by atoms with Crippen LogP contribution in [0.2, 0.25) is 5.15 Å². The van der Waals surface area contributed by atoms with E-state index in [9.17, 15) is 0 Å². The molecule has 0 N–H and O–H groups in total. The molecular formula is C16H24BrClN2O. The first kappa shape index (κ1) is 17.2. The number of aryl methyl sites for hydroxylation is 1. The number of ether oxygens (including phenoxy) is 1. The number of hydrogen-bond donors (Lipinski definition) is 0. The zero-order valence-electron chi connectivity index (χ0n) is 13.3. The Balaban J connectivity index is 2.41. The van der Waals surface area contributed by atoms with E-state index in [1.807, 2.05) is 6.92 Å². The van der Waals surface area contributed by atoms with Crippen molar-refractivity contribution in [3.8, 4) is 0 Å². The maximum atomic E-state index is 6.28. The maximum Gasteiger partial charge on any atom is 0.162 e. The van der Waals surface area contributed by atoms with E-state index < -0.39 is 0 Å². The molecule has 0 amide bonds. The van der Waals surface area contributed by atoms with Crippen LogP contribution < -0.4 is 0 Å². The lowest BCUT2D eigenvalue weighted by Crippen LogP contribution is -2.39. The van der Waals surface area contributed by atoms with Crippen LogP contribution in [0.25, 0.3) is 0 Å². The van der Waals surface area contributed by atoms with Crippen LogP contribution in [0.15, 0.2) is 4.47 Å². The summed E-state index contributed by atoms with van der Waals surface area (Å²) in [5, 5.41) is 0.487. The molecule has 1 aliphatic rings. The quantitative estimate of drug-likeness (QED) is 0.671. The molecule has 0 bridgehead atoms. The molecule has 0 saturated heterocycles. The smallest absolute Gasteiger partial charge is 0.162 e. The van der Waals surface area contributed by atoms with E-state index in [1.165, 1.54) is 0 Å². The van der Waals surface area contributed by atoms with Crippen LogP contribution in [0.4, 0.5) is 0 Å². The van der Waals surface area contributed by atoms with Crippen molar-refractivity contribution in [2.24, 2.45) is 5.41 Å². The predicted molar refractivity (Wildman–Crippen MR) is 89.7 cm³/mol. The minimum atomic E-state index is -0.376. The van der Waals surface area contributed by atoms with Crippen molar-refractivity contribution in [3.63, 3.8) is 0 Å². The van der Waals surface area contributed by atoms with E-state index in [0.717, 1.165) is 48.1 Å². The Kier molecular flexibility index (Phi) is 5.32. The molecule has 3 nitrogen and oxygen atoms in total. The topological polar surface area (TPSA) is 35.0 Å². The number of rotatable bonds is 4. The summed E-state index contributed by atoms with van der Waals surface area (Å²) in [5.74, 6) is 0.755. The third kappa shape index (κ3) is 3.59. The van der Waals surface area contributed by atoms with Gasteiger partial charge >= 0.3 is 0 Å². The van der Waals surface area contributed by atoms with Gasteiger partial charge in [-0.15, -0.1) is 0 Å². The lowest BCUT2D eigenvalue weighted by molar-refractivity contribution is -0.0949. The summed E-state index contributed by atoms with van der Waals surface area (Å²) in [7, 11) is 0. The summed E-state index contributed by atoms with van der Waals surface area (Å²) in [5.41, 5.74) is 0.945. The largest absolute Gasteiger partial charge is 0.367 e. The van der Waals surface area contributed by atoms with Crippen LogP contribution in [0.5, 0.6) is 0 Å². The Hall–Kier alpha value is -0.190. The Morgan fingerprint density at radius 1 is 1.14 bits per heavy atom. The minimum absolute atomic E-state index is 0.368. The highest BCUT2D eigenvalue weighted by Crippen LogP contribution is 2.47. The third-order valence-electron chi connectivity index (χ3n) is 4.45. The van der Waals surface area contributed by atoms with Gasteiger partial charge in [0, 0.05) is 6.61 Å². The van der Waals surface area contributed by atoms with Gasteiger partial charge in [-0.25, -0.2) is 9.97 Å². The normalized spacial score (nSPS) is 20.5. The summed E-state index contributed by atoms with van der Waals surface area (Å²) in [6, 6.07) is 0. The van der Waals surface area contributed by atoms with Crippen LogP contribution in [0.1, 0.15) is 64.9 Å². The van der Waals surface area contributed by atoms with Gasteiger partial charge in [0.05, 0.1) is 10.2 Å². The molecule has 0 atom stereocenters. The SMILES string of the molecule is CCOC1(c2nc(Cl)c(Br)c(CC)n2)CCC(C)(C)CC1. The third-order valence-corrected chi connectivity index (χ3v) is 5.79. The van der Waals surface area contributed by atoms with E-state index in [-0.39, 0.29) is 5.60 Å². The summed E-state index contributed by atoms with van der Waals surface area (Å²) < 4.78 is 6.95. The van der Waals surface area contributed by atoms with Crippen molar-refractivity contribution >= 4 is 27.5 Å². The summed E-state index contributed by atoms with van der Waals surface area (Å²) in [6.45, 7) is 9.40. The highest BCUT2D eigenvalue weighted by molar-refractivity contribution is 9.10. The van der Waals surface area contributed by atoms with Crippen molar-refractivity contribution < 1.29 is 4.74 Å².